The first kappa shape index (κ1) is 15.8. The number of carbonyl (C=O) groups is 1. The third kappa shape index (κ3) is 4.03. The monoisotopic (exact) mass is 330 g/mol. The second kappa shape index (κ2) is 7.49. The molecule has 0 aromatic heterocycles. The van der Waals surface area contributed by atoms with Crippen LogP contribution in [0.25, 0.3) is 0 Å². The van der Waals surface area contributed by atoms with Crippen LogP contribution in [-0.4, -0.2) is 25.6 Å². The van der Waals surface area contributed by atoms with E-state index in [0.717, 1.165) is 13.0 Å². The Morgan fingerprint density at radius 3 is 2.87 bits per heavy atom. The molecule has 5 heteroatoms. The van der Waals surface area contributed by atoms with Crippen molar-refractivity contribution in [3.05, 3.63) is 64.7 Å². The molecule has 0 bridgehead atoms. The van der Waals surface area contributed by atoms with Gasteiger partial charge in [-0.25, -0.2) is 0 Å². The zero-order valence-electron chi connectivity index (χ0n) is 12.7. The van der Waals surface area contributed by atoms with Gasteiger partial charge < -0.3 is 15.4 Å². The minimum Gasteiger partial charge on any atom is -0.482 e. The summed E-state index contributed by atoms with van der Waals surface area (Å²) in [6, 6.07) is 15.6. The first-order chi connectivity index (χ1) is 11.2. The molecule has 2 aromatic carbocycles. The van der Waals surface area contributed by atoms with Gasteiger partial charge in [-0.2, -0.15) is 0 Å². The number of fused-ring (bicyclic) bond motifs is 1. The zero-order valence-corrected chi connectivity index (χ0v) is 13.5. The topological polar surface area (TPSA) is 50.4 Å². The molecule has 1 aliphatic rings. The molecule has 23 heavy (non-hydrogen) atoms. The molecule has 0 saturated heterocycles. The van der Waals surface area contributed by atoms with E-state index in [2.05, 4.69) is 28.8 Å². The van der Waals surface area contributed by atoms with Crippen LogP contribution in [0, 0.1) is 0 Å². The van der Waals surface area contributed by atoms with Gasteiger partial charge in [0.2, 0.25) is 0 Å². The minimum absolute atomic E-state index is 0.0436. The third-order valence-corrected chi connectivity index (χ3v) is 4.23. The van der Waals surface area contributed by atoms with Gasteiger partial charge >= 0.3 is 0 Å². The minimum atomic E-state index is -0.158. The van der Waals surface area contributed by atoms with Crippen LogP contribution in [0.1, 0.15) is 17.2 Å². The fourth-order valence-electron chi connectivity index (χ4n) is 2.75. The van der Waals surface area contributed by atoms with E-state index in [1.807, 2.05) is 18.2 Å². The molecule has 4 nitrogen and oxygen atoms in total. The lowest BCUT2D eigenvalue weighted by atomic mass is 9.94. The van der Waals surface area contributed by atoms with E-state index in [-0.39, 0.29) is 18.6 Å². The van der Waals surface area contributed by atoms with Gasteiger partial charge in [0.1, 0.15) is 5.75 Å². The van der Waals surface area contributed by atoms with Gasteiger partial charge in [0.15, 0.2) is 6.61 Å². The number of benzene rings is 2. The maximum Gasteiger partial charge on any atom is 0.258 e. The zero-order chi connectivity index (χ0) is 16.1. The normalized spacial score (nSPS) is 16.5. The van der Waals surface area contributed by atoms with Crippen molar-refractivity contribution in [3.63, 3.8) is 0 Å². The maximum atomic E-state index is 12.0. The molecule has 1 amide bonds. The van der Waals surface area contributed by atoms with Gasteiger partial charge in [0, 0.05) is 12.6 Å². The Hall–Kier alpha value is -2.04. The van der Waals surface area contributed by atoms with Crippen LogP contribution in [0.2, 0.25) is 5.02 Å². The van der Waals surface area contributed by atoms with Gasteiger partial charge in [-0.3, -0.25) is 4.79 Å². The molecule has 1 aliphatic heterocycles. The molecule has 120 valence electrons. The summed E-state index contributed by atoms with van der Waals surface area (Å²) in [5, 5.41) is 6.85. The molecule has 0 radical (unpaired) electrons. The number of nitrogens with one attached hydrogen (secondary N) is 2. The van der Waals surface area contributed by atoms with Crippen LogP contribution in [-0.2, 0) is 11.2 Å². The average molecular weight is 331 g/mol. The van der Waals surface area contributed by atoms with Crippen LogP contribution < -0.4 is 15.4 Å². The first-order valence-electron chi connectivity index (χ1n) is 7.69. The lowest BCUT2D eigenvalue weighted by molar-refractivity contribution is -0.123. The van der Waals surface area contributed by atoms with Crippen molar-refractivity contribution < 1.29 is 9.53 Å². The lowest BCUT2D eigenvalue weighted by Crippen LogP contribution is -2.40. The predicted octanol–water partition coefficient (Wildman–Crippen LogP) is 2.72. The Labute approximate surface area is 140 Å². The van der Waals surface area contributed by atoms with E-state index in [0.29, 0.717) is 17.3 Å². The van der Waals surface area contributed by atoms with E-state index in [1.54, 1.807) is 12.1 Å². The largest absolute Gasteiger partial charge is 0.482 e. The van der Waals surface area contributed by atoms with E-state index < -0.39 is 0 Å². The van der Waals surface area contributed by atoms with E-state index in [1.165, 1.54) is 11.1 Å². The van der Waals surface area contributed by atoms with Gasteiger partial charge in [0.25, 0.3) is 5.91 Å². The van der Waals surface area contributed by atoms with Crippen molar-refractivity contribution in [3.8, 4) is 5.75 Å². The molecule has 1 unspecified atom stereocenters. The van der Waals surface area contributed by atoms with Gasteiger partial charge in [-0.05, 0) is 36.2 Å². The number of rotatable bonds is 5. The van der Waals surface area contributed by atoms with Crippen LogP contribution in [0.4, 0.5) is 0 Å². The van der Waals surface area contributed by atoms with E-state index >= 15 is 0 Å². The Morgan fingerprint density at radius 2 is 2.00 bits per heavy atom. The average Bonchev–Trinajstić information content (AvgIpc) is 2.59. The third-order valence-electron chi connectivity index (χ3n) is 3.91. The maximum absolute atomic E-state index is 12.0. The van der Waals surface area contributed by atoms with Crippen molar-refractivity contribution >= 4 is 17.5 Å². The van der Waals surface area contributed by atoms with Gasteiger partial charge in [-0.1, -0.05) is 48.0 Å². The molecule has 2 aromatic rings. The Balaban J connectivity index is 1.51. The quantitative estimate of drug-likeness (QED) is 0.886. The molecule has 1 atom stereocenters. The molecule has 1 heterocycles. The van der Waals surface area contributed by atoms with Crippen LogP contribution in [0.3, 0.4) is 0 Å². The Bertz CT molecular complexity index is 690. The number of para-hydroxylation sites is 1. The van der Waals surface area contributed by atoms with Crippen molar-refractivity contribution in [2.75, 3.05) is 19.7 Å². The van der Waals surface area contributed by atoms with Crippen molar-refractivity contribution in [2.24, 2.45) is 0 Å². The number of halogens is 1. The predicted molar refractivity (Wildman–Crippen MR) is 90.8 cm³/mol. The van der Waals surface area contributed by atoms with E-state index in [9.17, 15) is 4.79 Å². The summed E-state index contributed by atoms with van der Waals surface area (Å²) in [7, 11) is 0. The van der Waals surface area contributed by atoms with Gasteiger partial charge in [-0.15, -0.1) is 0 Å². The second-order valence-corrected chi connectivity index (χ2v) is 5.89. The smallest absolute Gasteiger partial charge is 0.258 e. The molecule has 3 rings (SSSR count). The fourth-order valence-corrected chi connectivity index (χ4v) is 2.94. The molecular formula is C18H19ClN2O2. The molecule has 0 spiro atoms. The molecule has 0 aliphatic carbocycles. The summed E-state index contributed by atoms with van der Waals surface area (Å²) in [5.74, 6) is 0.361. The standard InChI is InChI=1S/C18H19ClN2O2/c19-15-7-3-4-8-17(15)23-12-18(22)21-11-16-14-6-2-1-5-13(14)9-10-20-16/h1-8,16,20H,9-12H2,(H,21,22). The van der Waals surface area contributed by atoms with Crippen molar-refractivity contribution in [2.45, 2.75) is 12.5 Å². The highest BCUT2D eigenvalue weighted by atomic mass is 35.5. The molecule has 0 saturated carbocycles. The summed E-state index contributed by atoms with van der Waals surface area (Å²) in [6.07, 6.45) is 1.02. The lowest BCUT2D eigenvalue weighted by Gasteiger charge is -2.27. The molecule has 0 fully saturated rings. The number of carbonyl (C=O) groups excluding carboxylic acids is 1. The number of hydrogen-bond acceptors (Lipinski definition) is 3. The summed E-state index contributed by atoms with van der Waals surface area (Å²) in [6.45, 7) is 1.42. The van der Waals surface area contributed by atoms with Crippen LogP contribution >= 0.6 is 11.6 Å². The number of ether oxygens (including phenoxy) is 1. The Morgan fingerprint density at radius 1 is 1.22 bits per heavy atom. The molecule has 2 N–H and O–H groups in total. The summed E-state index contributed by atoms with van der Waals surface area (Å²) in [4.78, 5) is 12.0. The second-order valence-electron chi connectivity index (χ2n) is 5.48. The fraction of sp³-hybridized carbons (Fsp3) is 0.278. The SMILES string of the molecule is O=C(COc1ccccc1Cl)NCC1NCCc2ccccc21. The summed E-state index contributed by atoms with van der Waals surface area (Å²) in [5.41, 5.74) is 2.60. The summed E-state index contributed by atoms with van der Waals surface area (Å²) >= 11 is 6.00. The van der Waals surface area contributed by atoms with Crippen molar-refractivity contribution in [1.29, 1.82) is 0 Å². The molecular weight excluding hydrogens is 312 g/mol. The highest BCUT2D eigenvalue weighted by Crippen LogP contribution is 2.23. The Kier molecular flexibility index (Phi) is 5.16. The number of amides is 1. The first-order valence-corrected chi connectivity index (χ1v) is 8.07. The van der Waals surface area contributed by atoms with Crippen molar-refractivity contribution in [1.82, 2.24) is 10.6 Å². The highest BCUT2D eigenvalue weighted by molar-refractivity contribution is 6.32. The van der Waals surface area contributed by atoms with Crippen LogP contribution in [0.15, 0.2) is 48.5 Å². The number of hydrogen-bond donors (Lipinski definition) is 2. The summed E-state index contributed by atoms with van der Waals surface area (Å²) < 4.78 is 5.44. The van der Waals surface area contributed by atoms with Gasteiger partial charge in [0.05, 0.1) is 5.02 Å². The highest BCUT2D eigenvalue weighted by Gasteiger charge is 2.19. The van der Waals surface area contributed by atoms with E-state index in [4.69, 9.17) is 16.3 Å². The van der Waals surface area contributed by atoms with Crippen LogP contribution in [0.5, 0.6) is 5.75 Å².